The number of β-amino-alcohol motifs (C(OH)–C–C–N with tert-alkyl or cyclic N) is 1. The number of hydrogen-bond donors (Lipinski definition) is 2. The van der Waals surface area contributed by atoms with E-state index in [1.54, 1.807) is 0 Å². The van der Waals surface area contributed by atoms with Crippen molar-refractivity contribution in [2.75, 3.05) is 52.4 Å². The molecule has 1 aromatic heterocycles. The quantitative estimate of drug-likeness (QED) is 0.768. The number of amides is 1. The third-order valence-electron chi connectivity index (χ3n) is 4.77. The molecule has 2 fully saturated rings. The second-order valence-corrected chi connectivity index (χ2v) is 6.63. The van der Waals surface area contributed by atoms with E-state index >= 15 is 0 Å². The number of H-pyrrole nitrogens is 1. The van der Waals surface area contributed by atoms with Crippen LogP contribution in [0.4, 0.5) is 0 Å². The van der Waals surface area contributed by atoms with Crippen LogP contribution in [-0.2, 0) is 11.2 Å². The molecule has 0 aromatic carbocycles. The molecule has 2 aliphatic rings. The van der Waals surface area contributed by atoms with E-state index in [0.717, 1.165) is 32.6 Å². The Hall–Kier alpha value is -1.44. The van der Waals surface area contributed by atoms with E-state index in [9.17, 15) is 9.90 Å². The molecule has 0 saturated carbocycles. The van der Waals surface area contributed by atoms with E-state index in [2.05, 4.69) is 20.0 Å². The zero-order valence-corrected chi connectivity index (χ0v) is 13.7. The third kappa shape index (κ3) is 4.76. The summed E-state index contributed by atoms with van der Waals surface area (Å²) < 4.78 is 0. The number of aliphatic hydroxyl groups excluding tert-OH is 1. The molecule has 2 aliphatic heterocycles. The molecule has 3 heterocycles. The highest BCUT2D eigenvalue weighted by molar-refractivity contribution is 5.78. The number of carbonyl (C=O) groups is 1. The van der Waals surface area contributed by atoms with Crippen molar-refractivity contribution < 1.29 is 9.90 Å². The summed E-state index contributed by atoms with van der Waals surface area (Å²) in [5.74, 6) is 0.155. The fraction of sp³-hybridized carbons (Fsp3) is 0.750. The van der Waals surface area contributed by atoms with E-state index in [1.807, 2.05) is 17.3 Å². The summed E-state index contributed by atoms with van der Waals surface area (Å²) in [5, 5.41) is 17.0. The summed E-state index contributed by atoms with van der Waals surface area (Å²) >= 11 is 0. The van der Waals surface area contributed by atoms with E-state index in [4.69, 9.17) is 0 Å². The Morgan fingerprint density at radius 2 is 2.04 bits per heavy atom. The number of rotatable bonds is 5. The van der Waals surface area contributed by atoms with Gasteiger partial charge in [0.25, 0.3) is 0 Å². The number of carbonyl (C=O) groups excluding carboxylic acids is 1. The van der Waals surface area contributed by atoms with Crippen molar-refractivity contribution in [3.05, 3.63) is 18.0 Å². The molecular weight excluding hydrogens is 294 g/mol. The minimum Gasteiger partial charge on any atom is -0.390 e. The maximum Gasteiger partial charge on any atom is 0.236 e. The van der Waals surface area contributed by atoms with Crippen LogP contribution in [0.1, 0.15) is 18.4 Å². The van der Waals surface area contributed by atoms with Gasteiger partial charge in [-0.15, -0.1) is 0 Å². The average molecular weight is 321 g/mol. The van der Waals surface area contributed by atoms with Gasteiger partial charge in [-0.2, -0.15) is 5.10 Å². The molecule has 0 unspecified atom stereocenters. The first-order valence-corrected chi connectivity index (χ1v) is 8.59. The number of nitrogens with one attached hydrogen (secondary N) is 1. The first kappa shape index (κ1) is 16.4. The summed E-state index contributed by atoms with van der Waals surface area (Å²) in [4.78, 5) is 18.7. The molecule has 0 spiro atoms. The summed E-state index contributed by atoms with van der Waals surface area (Å²) in [6.45, 7) is 6.04. The van der Waals surface area contributed by atoms with Crippen LogP contribution in [0.2, 0.25) is 0 Å². The lowest BCUT2D eigenvalue weighted by molar-refractivity contribution is -0.133. The summed E-state index contributed by atoms with van der Waals surface area (Å²) in [6.07, 6.45) is 6.56. The predicted octanol–water partition coefficient (Wildman–Crippen LogP) is -0.447. The summed E-state index contributed by atoms with van der Waals surface area (Å²) in [6, 6.07) is 0. The number of aromatic amines is 1. The van der Waals surface area contributed by atoms with Crippen LogP contribution in [0.15, 0.2) is 12.4 Å². The maximum atomic E-state index is 12.4. The topological polar surface area (TPSA) is 75.7 Å². The molecule has 2 N–H and O–H groups in total. The Kier molecular flexibility index (Phi) is 5.64. The molecule has 1 aromatic rings. The molecular formula is C16H27N5O2. The van der Waals surface area contributed by atoms with Crippen molar-refractivity contribution in [1.82, 2.24) is 24.9 Å². The van der Waals surface area contributed by atoms with Crippen LogP contribution in [0, 0.1) is 0 Å². The highest BCUT2D eigenvalue weighted by atomic mass is 16.3. The van der Waals surface area contributed by atoms with Crippen molar-refractivity contribution in [2.45, 2.75) is 25.4 Å². The lowest BCUT2D eigenvalue weighted by Gasteiger charge is -2.24. The number of aromatic nitrogens is 2. The standard InChI is InChI=1S/C16H27N5O2/c22-15-11-20(6-3-14-9-17-18-10-14)7-8-21(12-15)16(23)13-19-4-1-2-5-19/h9-10,15,22H,1-8,11-13H2,(H,17,18)/t15-/m0/s1. The SMILES string of the molecule is O=C(CN1CCCC1)N1CCN(CCc2cn[nH]c2)C[C@H](O)C1. The van der Waals surface area contributed by atoms with Crippen LogP contribution in [0.3, 0.4) is 0 Å². The molecule has 1 amide bonds. The third-order valence-corrected chi connectivity index (χ3v) is 4.77. The van der Waals surface area contributed by atoms with Gasteiger partial charge in [-0.3, -0.25) is 19.7 Å². The molecule has 1 atom stereocenters. The van der Waals surface area contributed by atoms with Gasteiger partial charge in [0.1, 0.15) is 0 Å². The zero-order chi connectivity index (χ0) is 16.1. The molecule has 7 heteroatoms. The van der Waals surface area contributed by atoms with Crippen LogP contribution in [-0.4, -0.2) is 94.4 Å². The molecule has 2 saturated heterocycles. The first-order valence-electron chi connectivity index (χ1n) is 8.59. The maximum absolute atomic E-state index is 12.4. The van der Waals surface area contributed by atoms with E-state index in [-0.39, 0.29) is 5.91 Å². The van der Waals surface area contributed by atoms with Gasteiger partial charge in [-0.05, 0) is 37.9 Å². The second kappa shape index (κ2) is 7.90. The van der Waals surface area contributed by atoms with Crippen LogP contribution < -0.4 is 0 Å². The molecule has 128 valence electrons. The van der Waals surface area contributed by atoms with Gasteiger partial charge >= 0.3 is 0 Å². The Morgan fingerprint density at radius 1 is 1.22 bits per heavy atom. The van der Waals surface area contributed by atoms with Crippen molar-refractivity contribution >= 4 is 5.91 Å². The largest absolute Gasteiger partial charge is 0.390 e. The van der Waals surface area contributed by atoms with Gasteiger partial charge in [-0.1, -0.05) is 0 Å². The minimum absolute atomic E-state index is 0.155. The molecule has 0 aliphatic carbocycles. The fourth-order valence-electron chi connectivity index (χ4n) is 3.42. The molecule has 7 nitrogen and oxygen atoms in total. The zero-order valence-electron chi connectivity index (χ0n) is 13.7. The van der Waals surface area contributed by atoms with E-state index in [1.165, 1.54) is 18.4 Å². The smallest absolute Gasteiger partial charge is 0.236 e. The molecule has 0 bridgehead atoms. The van der Waals surface area contributed by atoms with Gasteiger partial charge in [0.05, 0.1) is 18.8 Å². The summed E-state index contributed by atoms with van der Waals surface area (Å²) in [5.41, 5.74) is 1.17. The van der Waals surface area contributed by atoms with Crippen LogP contribution in [0.5, 0.6) is 0 Å². The highest BCUT2D eigenvalue weighted by Gasteiger charge is 2.26. The number of likely N-dealkylation sites (tertiary alicyclic amines) is 1. The van der Waals surface area contributed by atoms with Gasteiger partial charge in [0.2, 0.25) is 5.91 Å². The number of aliphatic hydroxyl groups is 1. The fourth-order valence-corrected chi connectivity index (χ4v) is 3.42. The lowest BCUT2D eigenvalue weighted by atomic mass is 10.2. The van der Waals surface area contributed by atoms with Crippen molar-refractivity contribution in [1.29, 1.82) is 0 Å². The number of hydrogen-bond acceptors (Lipinski definition) is 5. The van der Waals surface area contributed by atoms with Gasteiger partial charge < -0.3 is 10.0 Å². The van der Waals surface area contributed by atoms with Crippen LogP contribution in [0.25, 0.3) is 0 Å². The minimum atomic E-state index is -0.468. The summed E-state index contributed by atoms with van der Waals surface area (Å²) in [7, 11) is 0. The van der Waals surface area contributed by atoms with Crippen molar-refractivity contribution in [3.63, 3.8) is 0 Å². The van der Waals surface area contributed by atoms with Gasteiger partial charge in [0.15, 0.2) is 0 Å². The average Bonchev–Trinajstić information content (AvgIpc) is 3.18. The highest BCUT2D eigenvalue weighted by Crippen LogP contribution is 2.10. The first-order chi connectivity index (χ1) is 11.2. The normalized spacial score (nSPS) is 24.0. The van der Waals surface area contributed by atoms with E-state index in [0.29, 0.717) is 26.2 Å². The van der Waals surface area contributed by atoms with Gasteiger partial charge in [0, 0.05) is 38.9 Å². The monoisotopic (exact) mass is 321 g/mol. The predicted molar refractivity (Wildman–Crippen MR) is 87.0 cm³/mol. The number of nitrogens with zero attached hydrogens (tertiary/aromatic N) is 4. The van der Waals surface area contributed by atoms with Gasteiger partial charge in [-0.25, -0.2) is 0 Å². The lowest BCUT2D eigenvalue weighted by Crippen LogP contribution is -2.43. The second-order valence-electron chi connectivity index (χ2n) is 6.63. The Morgan fingerprint density at radius 3 is 2.78 bits per heavy atom. The van der Waals surface area contributed by atoms with Crippen molar-refractivity contribution in [2.24, 2.45) is 0 Å². The Bertz CT molecular complexity index is 487. The Labute approximate surface area is 137 Å². The molecule has 23 heavy (non-hydrogen) atoms. The molecule has 3 rings (SSSR count). The Balaban J connectivity index is 1.47. The molecule has 0 radical (unpaired) electrons. The van der Waals surface area contributed by atoms with Crippen LogP contribution >= 0.6 is 0 Å². The van der Waals surface area contributed by atoms with E-state index < -0.39 is 6.10 Å². The van der Waals surface area contributed by atoms with Crippen molar-refractivity contribution in [3.8, 4) is 0 Å².